The van der Waals surface area contributed by atoms with Crippen molar-refractivity contribution in [3.8, 4) is 0 Å². The van der Waals surface area contributed by atoms with Crippen LogP contribution in [0, 0.1) is 5.41 Å². The molecule has 0 amide bonds. The molecule has 23 heavy (non-hydrogen) atoms. The molecule has 3 atom stereocenters. The molecule has 4 heteroatoms. The molecule has 2 aliphatic carbocycles. The van der Waals surface area contributed by atoms with E-state index in [1.54, 1.807) is 0 Å². The topological polar surface area (TPSA) is 47.1 Å². The fourth-order valence-corrected chi connectivity index (χ4v) is 5.80. The van der Waals surface area contributed by atoms with Crippen molar-refractivity contribution in [2.45, 2.75) is 62.7 Å². The second-order valence-corrected chi connectivity index (χ2v) is 10.6. The van der Waals surface area contributed by atoms with E-state index < -0.39 is 11.4 Å². The zero-order chi connectivity index (χ0) is 16.3. The van der Waals surface area contributed by atoms with Gasteiger partial charge in [0.2, 0.25) is 0 Å². The lowest BCUT2D eigenvalue weighted by Gasteiger charge is -2.29. The summed E-state index contributed by atoms with van der Waals surface area (Å²) in [5, 5.41) is 3.51. The SMILES string of the molecule is CC(C)(C)[S+]([O-])NC1C[C@]2(CC23CCNCC3)c2ccccc21. The number of fused-ring (bicyclic) bond motifs is 3. The summed E-state index contributed by atoms with van der Waals surface area (Å²) < 4.78 is 15.8. The summed E-state index contributed by atoms with van der Waals surface area (Å²) in [6.07, 6.45) is 5.01. The molecule has 1 aromatic rings. The van der Waals surface area contributed by atoms with E-state index in [1.807, 2.05) is 20.8 Å². The summed E-state index contributed by atoms with van der Waals surface area (Å²) in [7, 11) is 0. The monoisotopic (exact) mass is 332 g/mol. The van der Waals surface area contributed by atoms with Gasteiger partial charge in [-0.25, -0.2) is 0 Å². The maximum atomic E-state index is 12.6. The molecule has 2 N–H and O–H groups in total. The van der Waals surface area contributed by atoms with Crippen LogP contribution in [0.4, 0.5) is 0 Å². The Balaban J connectivity index is 1.63. The average molecular weight is 333 g/mol. The predicted molar refractivity (Wildman–Crippen MR) is 95.7 cm³/mol. The minimum atomic E-state index is -1.02. The molecule has 4 rings (SSSR count). The maximum Gasteiger partial charge on any atom is 0.136 e. The normalized spacial score (nSPS) is 33.0. The van der Waals surface area contributed by atoms with Gasteiger partial charge in [-0.1, -0.05) is 24.3 Å². The summed E-state index contributed by atoms with van der Waals surface area (Å²) in [5.74, 6) is 0. The van der Waals surface area contributed by atoms with Gasteiger partial charge in [0, 0.05) is 16.8 Å². The van der Waals surface area contributed by atoms with Crippen molar-refractivity contribution in [2.24, 2.45) is 5.41 Å². The van der Waals surface area contributed by atoms with E-state index >= 15 is 0 Å². The molecular formula is C19H28N2OS. The highest BCUT2D eigenvalue weighted by Gasteiger charge is 2.70. The van der Waals surface area contributed by atoms with E-state index in [0.717, 1.165) is 19.5 Å². The van der Waals surface area contributed by atoms with Crippen molar-refractivity contribution < 1.29 is 4.55 Å². The molecule has 2 unspecified atom stereocenters. The smallest absolute Gasteiger partial charge is 0.136 e. The van der Waals surface area contributed by atoms with Crippen LogP contribution in [0.3, 0.4) is 0 Å². The predicted octanol–water partition coefficient (Wildman–Crippen LogP) is 3.19. The molecule has 3 nitrogen and oxygen atoms in total. The van der Waals surface area contributed by atoms with Crippen LogP contribution in [0.2, 0.25) is 0 Å². The molecule has 2 spiro atoms. The molecular weight excluding hydrogens is 304 g/mol. The van der Waals surface area contributed by atoms with Gasteiger partial charge >= 0.3 is 0 Å². The fourth-order valence-electron chi connectivity index (χ4n) is 4.98. The molecule has 1 aliphatic heterocycles. The third-order valence-electron chi connectivity index (χ3n) is 6.30. The Morgan fingerprint density at radius 1 is 1.22 bits per heavy atom. The summed E-state index contributed by atoms with van der Waals surface area (Å²) in [6.45, 7) is 8.42. The van der Waals surface area contributed by atoms with Crippen LogP contribution in [0.5, 0.6) is 0 Å². The van der Waals surface area contributed by atoms with Gasteiger partial charge in [-0.3, -0.25) is 0 Å². The Hall–Kier alpha value is -0.550. The third kappa shape index (κ3) is 2.38. The van der Waals surface area contributed by atoms with Crippen molar-refractivity contribution in [1.82, 2.24) is 10.0 Å². The number of hydrogen-bond donors (Lipinski definition) is 2. The first kappa shape index (κ1) is 15.9. The summed E-state index contributed by atoms with van der Waals surface area (Å²) >= 11 is -1.02. The molecule has 1 saturated heterocycles. The lowest BCUT2D eigenvalue weighted by molar-refractivity contribution is 0.296. The lowest BCUT2D eigenvalue weighted by atomic mass is 9.81. The first-order valence-corrected chi connectivity index (χ1v) is 10.0. The number of rotatable bonds is 2. The van der Waals surface area contributed by atoms with Crippen LogP contribution in [0.1, 0.15) is 63.6 Å². The quantitative estimate of drug-likeness (QED) is 0.818. The number of nitrogens with one attached hydrogen (secondary N) is 2. The van der Waals surface area contributed by atoms with E-state index in [9.17, 15) is 4.55 Å². The van der Waals surface area contributed by atoms with E-state index in [4.69, 9.17) is 0 Å². The van der Waals surface area contributed by atoms with Crippen molar-refractivity contribution in [3.05, 3.63) is 35.4 Å². The molecule has 0 radical (unpaired) electrons. The molecule has 0 aromatic heterocycles. The summed E-state index contributed by atoms with van der Waals surface area (Å²) in [6, 6.07) is 9.11. The lowest BCUT2D eigenvalue weighted by Crippen LogP contribution is -2.41. The molecule has 1 aromatic carbocycles. The van der Waals surface area contributed by atoms with Gasteiger partial charge in [0.1, 0.15) is 4.75 Å². The van der Waals surface area contributed by atoms with E-state index in [2.05, 4.69) is 34.3 Å². The van der Waals surface area contributed by atoms with Gasteiger partial charge in [-0.2, -0.15) is 0 Å². The minimum absolute atomic E-state index is 0.222. The first-order valence-electron chi connectivity index (χ1n) is 8.86. The second kappa shape index (κ2) is 5.22. The third-order valence-corrected chi connectivity index (χ3v) is 7.91. The van der Waals surface area contributed by atoms with Crippen molar-refractivity contribution in [3.63, 3.8) is 0 Å². The number of piperidine rings is 1. The van der Waals surface area contributed by atoms with Gasteiger partial charge in [0.05, 0.1) is 6.04 Å². The van der Waals surface area contributed by atoms with Gasteiger partial charge in [0.15, 0.2) is 0 Å². The maximum absolute atomic E-state index is 12.6. The van der Waals surface area contributed by atoms with E-state index in [0.29, 0.717) is 10.8 Å². The van der Waals surface area contributed by atoms with Crippen molar-refractivity contribution in [2.75, 3.05) is 13.1 Å². The molecule has 3 aliphatic rings. The zero-order valence-corrected chi connectivity index (χ0v) is 15.3. The highest BCUT2D eigenvalue weighted by molar-refractivity contribution is 7.90. The first-order chi connectivity index (χ1) is 10.9. The van der Waals surface area contributed by atoms with Crippen LogP contribution in [-0.2, 0) is 16.8 Å². The van der Waals surface area contributed by atoms with Crippen LogP contribution in [0.15, 0.2) is 24.3 Å². The van der Waals surface area contributed by atoms with E-state index in [1.165, 1.54) is 30.4 Å². The highest BCUT2D eigenvalue weighted by atomic mass is 32.2. The molecule has 0 bridgehead atoms. The minimum Gasteiger partial charge on any atom is -0.598 e. The molecule has 1 heterocycles. The van der Waals surface area contributed by atoms with Crippen LogP contribution < -0.4 is 10.0 Å². The van der Waals surface area contributed by atoms with Crippen LogP contribution in [0.25, 0.3) is 0 Å². The number of benzene rings is 1. The fraction of sp³-hybridized carbons (Fsp3) is 0.684. The van der Waals surface area contributed by atoms with Gasteiger partial charge in [0.25, 0.3) is 0 Å². The summed E-state index contributed by atoms with van der Waals surface area (Å²) in [5.41, 5.74) is 3.75. The van der Waals surface area contributed by atoms with E-state index in [-0.39, 0.29) is 10.8 Å². The van der Waals surface area contributed by atoms with Crippen molar-refractivity contribution >= 4 is 11.4 Å². The Kier molecular flexibility index (Phi) is 3.62. The van der Waals surface area contributed by atoms with Gasteiger partial charge < -0.3 is 9.87 Å². The molecule has 1 saturated carbocycles. The Bertz CT molecular complexity index is 606. The van der Waals surface area contributed by atoms with Crippen LogP contribution in [-0.4, -0.2) is 22.4 Å². The number of hydrogen-bond acceptors (Lipinski definition) is 3. The van der Waals surface area contributed by atoms with Gasteiger partial charge in [-0.05, 0) is 76.1 Å². The van der Waals surface area contributed by atoms with Crippen LogP contribution >= 0.6 is 0 Å². The standard InChI is InChI=1S/C19H28N2OS/c1-17(2,3)23(22)21-16-12-19(15-7-5-4-6-14(15)16)13-18(19)8-10-20-11-9-18/h4-7,16,20-21H,8-13H2,1-3H3/t16?,19-,23?/m0/s1. The van der Waals surface area contributed by atoms with Crippen molar-refractivity contribution in [1.29, 1.82) is 0 Å². The molecule has 2 fully saturated rings. The largest absolute Gasteiger partial charge is 0.598 e. The Morgan fingerprint density at radius 3 is 2.61 bits per heavy atom. The zero-order valence-electron chi connectivity index (χ0n) is 14.4. The Morgan fingerprint density at radius 2 is 1.91 bits per heavy atom. The highest BCUT2D eigenvalue weighted by Crippen LogP contribution is 2.75. The summed E-state index contributed by atoms with van der Waals surface area (Å²) in [4.78, 5) is 0. The average Bonchev–Trinajstić information content (AvgIpc) is 2.99. The van der Waals surface area contributed by atoms with Gasteiger partial charge in [-0.15, -0.1) is 4.72 Å². The Labute approximate surface area is 142 Å². The second-order valence-electron chi connectivity index (χ2n) is 8.63. The molecule has 126 valence electrons.